The Morgan fingerprint density at radius 1 is 1.39 bits per heavy atom. The minimum atomic E-state index is 0.114. The van der Waals surface area contributed by atoms with E-state index in [1.165, 1.54) is 0 Å². The molecular weight excluding hydrogens is 226 g/mol. The molecule has 0 spiro atoms. The Morgan fingerprint density at radius 2 is 2.17 bits per heavy atom. The SMILES string of the molecule is CCCNC(c1cnccc1N)C(CCC)OC. The van der Waals surface area contributed by atoms with Crippen molar-refractivity contribution in [3.63, 3.8) is 0 Å². The van der Waals surface area contributed by atoms with Crippen molar-refractivity contribution in [2.24, 2.45) is 0 Å². The fraction of sp³-hybridized carbons (Fsp3) is 0.643. The Bertz CT molecular complexity index is 344. The first kappa shape index (κ1) is 14.9. The molecule has 3 N–H and O–H groups in total. The molecule has 1 aromatic heterocycles. The maximum atomic E-state index is 6.05. The molecule has 1 heterocycles. The molecule has 0 aromatic carbocycles. The van der Waals surface area contributed by atoms with E-state index in [2.05, 4.69) is 24.1 Å². The summed E-state index contributed by atoms with van der Waals surface area (Å²) in [6.45, 7) is 5.26. The van der Waals surface area contributed by atoms with Gasteiger partial charge in [0.1, 0.15) is 0 Å². The molecule has 2 atom stereocenters. The first-order valence-electron chi connectivity index (χ1n) is 6.70. The van der Waals surface area contributed by atoms with Gasteiger partial charge in [0.2, 0.25) is 0 Å². The van der Waals surface area contributed by atoms with Crippen LogP contribution < -0.4 is 11.1 Å². The predicted octanol–water partition coefficient (Wildman–Crippen LogP) is 2.52. The number of anilines is 1. The molecule has 0 saturated heterocycles. The highest BCUT2D eigenvalue weighted by Gasteiger charge is 2.23. The van der Waals surface area contributed by atoms with Crippen LogP contribution in [0, 0.1) is 0 Å². The van der Waals surface area contributed by atoms with Gasteiger partial charge in [-0.05, 0) is 25.5 Å². The lowest BCUT2D eigenvalue weighted by atomic mass is 9.98. The average Bonchev–Trinajstić information content (AvgIpc) is 2.39. The van der Waals surface area contributed by atoms with Crippen molar-refractivity contribution in [2.45, 2.75) is 45.3 Å². The third-order valence-corrected chi connectivity index (χ3v) is 3.08. The second-order valence-corrected chi connectivity index (χ2v) is 4.50. The third kappa shape index (κ3) is 3.96. The second kappa shape index (κ2) is 8.06. The summed E-state index contributed by atoms with van der Waals surface area (Å²) in [5.74, 6) is 0. The number of nitrogens with one attached hydrogen (secondary N) is 1. The van der Waals surface area contributed by atoms with E-state index in [-0.39, 0.29) is 12.1 Å². The molecule has 4 heteroatoms. The van der Waals surface area contributed by atoms with Gasteiger partial charge in [-0.25, -0.2) is 0 Å². The van der Waals surface area contributed by atoms with E-state index >= 15 is 0 Å². The number of ether oxygens (including phenoxy) is 1. The number of nitrogens with two attached hydrogens (primary N) is 1. The molecule has 0 bridgehead atoms. The van der Waals surface area contributed by atoms with Crippen LogP contribution in [0.15, 0.2) is 18.5 Å². The fourth-order valence-corrected chi connectivity index (χ4v) is 2.12. The highest BCUT2D eigenvalue weighted by Crippen LogP contribution is 2.26. The monoisotopic (exact) mass is 251 g/mol. The molecule has 2 unspecified atom stereocenters. The standard InChI is InChI=1S/C14H25N3O/c1-4-6-13(18-3)14(17-8-5-2)11-10-16-9-7-12(11)15/h7,9-10,13-14,17H,4-6,8H2,1-3H3,(H2,15,16). The summed E-state index contributed by atoms with van der Waals surface area (Å²) in [5.41, 5.74) is 7.85. The summed E-state index contributed by atoms with van der Waals surface area (Å²) >= 11 is 0. The van der Waals surface area contributed by atoms with E-state index in [4.69, 9.17) is 10.5 Å². The van der Waals surface area contributed by atoms with Crippen molar-refractivity contribution in [3.05, 3.63) is 24.0 Å². The molecule has 18 heavy (non-hydrogen) atoms. The van der Waals surface area contributed by atoms with Crippen molar-refractivity contribution in [1.82, 2.24) is 10.3 Å². The van der Waals surface area contributed by atoms with Crippen molar-refractivity contribution < 1.29 is 4.74 Å². The van der Waals surface area contributed by atoms with Gasteiger partial charge in [0.05, 0.1) is 12.1 Å². The normalized spacial score (nSPS) is 14.4. The smallest absolute Gasteiger partial charge is 0.0767 e. The molecule has 1 aromatic rings. The Hall–Kier alpha value is -1.13. The van der Waals surface area contributed by atoms with E-state index in [1.807, 2.05) is 12.3 Å². The zero-order chi connectivity index (χ0) is 13.4. The van der Waals surface area contributed by atoms with Crippen LogP contribution >= 0.6 is 0 Å². The second-order valence-electron chi connectivity index (χ2n) is 4.50. The molecule has 1 rings (SSSR count). The van der Waals surface area contributed by atoms with E-state index in [0.717, 1.165) is 37.1 Å². The topological polar surface area (TPSA) is 60.2 Å². The molecule has 0 aliphatic rings. The van der Waals surface area contributed by atoms with Crippen LogP contribution in [-0.4, -0.2) is 24.7 Å². The van der Waals surface area contributed by atoms with Gasteiger partial charge in [0.25, 0.3) is 0 Å². The quantitative estimate of drug-likeness (QED) is 0.745. The fourth-order valence-electron chi connectivity index (χ4n) is 2.12. The van der Waals surface area contributed by atoms with Crippen molar-refractivity contribution in [2.75, 3.05) is 19.4 Å². The summed E-state index contributed by atoms with van der Waals surface area (Å²) in [6, 6.07) is 1.96. The summed E-state index contributed by atoms with van der Waals surface area (Å²) in [5, 5.41) is 3.52. The minimum Gasteiger partial charge on any atom is -0.398 e. The number of rotatable bonds is 8. The van der Waals surface area contributed by atoms with Gasteiger partial charge >= 0.3 is 0 Å². The van der Waals surface area contributed by atoms with E-state index < -0.39 is 0 Å². The van der Waals surface area contributed by atoms with E-state index in [0.29, 0.717) is 0 Å². The Labute approximate surface area is 110 Å². The molecule has 0 aliphatic heterocycles. The minimum absolute atomic E-state index is 0.114. The molecular formula is C14H25N3O. The highest BCUT2D eigenvalue weighted by molar-refractivity contribution is 5.46. The van der Waals surface area contributed by atoms with Crippen LogP contribution in [-0.2, 0) is 4.74 Å². The lowest BCUT2D eigenvalue weighted by molar-refractivity contribution is 0.0607. The predicted molar refractivity (Wildman–Crippen MR) is 75.4 cm³/mol. The molecule has 0 radical (unpaired) electrons. The van der Waals surface area contributed by atoms with E-state index in [9.17, 15) is 0 Å². The molecule has 0 amide bonds. The first-order chi connectivity index (χ1) is 8.74. The summed E-state index contributed by atoms with van der Waals surface area (Å²) in [6.07, 6.45) is 6.86. The van der Waals surface area contributed by atoms with Gasteiger partial charge in [0, 0.05) is 30.8 Å². The number of hydrogen-bond acceptors (Lipinski definition) is 4. The van der Waals surface area contributed by atoms with Crippen LogP contribution in [0.1, 0.15) is 44.7 Å². The van der Waals surface area contributed by atoms with Crippen LogP contribution in [0.2, 0.25) is 0 Å². The lowest BCUT2D eigenvalue weighted by Gasteiger charge is -2.28. The van der Waals surface area contributed by atoms with Crippen LogP contribution in [0.5, 0.6) is 0 Å². The van der Waals surface area contributed by atoms with Gasteiger partial charge in [0.15, 0.2) is 0 Å². The van der Waals surface area contributed by atoms with Gasteiger partial charge in [-0.1, -0.05) is 20.3 Å². The largest absolute Gasteiger partial charge is 0.398 e. The zero-order valence-electron chi connectivity index (χ0n) is 11.6. The molecule has 4 nitrogen and oxygen atoms in total. The summed E-state index contributed by atoms with van der Waals surface area (Å²) in [4.78, 5) is 4.18. The lowest BCUT2D eigenvalue weighted by Crippen LogP contribution is -2.34. The highest BCUT2D eigenvalue weighted by atomic mass is 16.5. The van der Waals surface area contributed by atoms with Gasteiger partial charge in [-0.15, -0.1) is 0 Å². The molecule has 0 saturated carbocycles. The van der Waals surface area contributed by atoms with Gasteiger partial charge < -0.3 is 15.8 Å². The maximum absolute atomic E-state index is 6.05. The third-order valence-electron chi connectivity index (χ3n) is 3.08. The Morgan fingerprint density at radius 3 is 2.72 bits per heavy atom. The van der Waals surface area contributed by atoms with Crippen LogP contribution in [0.25, 0.3) is 0 Å². The zero-order valence-corrected chi connectivity index (χ0v) is 11.6. The van der Waals surface area contributed by atoms with Crippen molar-refractivity contribution in [3.8, 4) is 0 Å². The number of nitrogen functional groups attached to an aromatic ring is 1. The molecule has 0 fully saturated rings. The Kier molecular flexibility index (Phi) is 6.68. The van der Waals surface area contributed by atoms with Crippen molar-refractivity contribution >= 4 is 5.69 Å². The number of methoxy groups -OCH3 is 1. The Balaban J connectivity index is 2.92. The summed E-state index contributed by atoms with van der Waals surface area (Å²) < 4.78 is 5.61. The number of hydrogen-bond donors (Lipinski definition) is 2. The summed E-state index contributed by atoms with van der Waals surface area (Å²) in [7, 11) is 1.76. The van der Waals surface area contributed by atoms with Gasteiger partial charge in [-0.3, -0.25) is 4.98 Å². The van der Waals surface area contributed by atoms with Crippen molar-refractivity contribution in [1.29, 1.82) is 0 Å². The molecule has 0 aliphatic carbocycles. The van der Waals surface area contributed by atoms with Crippen LogP contribution in [0.3, 0.4) is 0 Å². The first-order valence-corrected chi connectivity index (χ1v) is 6.70. The van der Waals surface area contributed by atoms with Gasteiger partial charge in [-0.2, -0.15) is 0 Å². The number of aromatic nitrogens is 1. The molecule has 102 valence electrons. The van der Waals surface area contributed by atoms with Crippen LogP contribution in [0.4, 0.5) is 5.69 Å². The number of pyridine rings is 1. The number of nitrogens with zero attached hydrogens (tertiary/aromatic N) is 1. The van der Waals surface area contributed by atoms with E-state index in [1.54, 1.807) is 13.3 Å². The maximum Gasteiger partial charge on any atom is 0.0767 e. The average molecular weight is 251 g/mol.